The van der Waals surface area contributed by atoms with Gasteiger partial charge in [0.1, 0.15) is 34.0 Å². The molecule has 2 aromatic carbocycles. The van der Waals surface area contributed by atoms with Crippen molar-refractivity contribution in [1.82, 2.24) is 35.9 Å². The maximum Gasteiger partial charge on any atom is 0.471 e. The number of hydrogen-bond acceptors (Lipinski definition) is 24. The number of aromatic nitrogens is 2. The fourth-order valence-corrected chi connectivity index (χ4v) is 15.5. The van der Waals surface area contributed by atoms with E-state index < -0.39 is 139 Å². The zero-order valence-electron chi connectivity index (χ0n) is 58.1. The maximum absolute atomic E-state index is 14.8. The molecule has 43 heteroatoms. The number of carbonyl (C=O) groups is 6. The molecule has 0 bridgehead atoms. The van der Waals surface area contributed by atoms with Crippen LogP contribution < -0.4 is 47.5 Å². The van der Waals surface area contributed by atoms with E-state index in [-0.39, 0.29) is 196 Å². The van der Waals surface area contributed by atoms with Crippen molar-refractivity contribution in [3.8, 4) is 40.5 Å². The molecule has 0 spiro atoms. The van der Waals surface area contributed by atoms with Gasteiger partial charge in [-0.3, -0.25) is 47.5 Å². The molecule has 7 rings (SSSR count). The van der Waals surface area contributed by atoms with Gasteiger partial charge in [-0.15, -0.1) is 0 Å². The summed E-state index contributed by atoms with van der Waals surface area (Å²) in [4.78, 5) is 103. The zero-order valence-corrected chi connectivity index (χ0v) is 60.8. The van der Waals surface area contributed by atoms with Crippen LogP contribution >= 0.6 is 23.7 Å². The first kappa shape index (κ1) is 88.7. The first-order valence-electron chi connectivity index (χ1n) is 33.3. The molecule has 0 aromatic heterocycles. The number of fused-ring (bicyclic) bond motifs is 5. The van der Waals surface area contributed by atoms with E-state index in [0.717, 1.165) is 12.1 Å². The monoisotopic (exact) mass is 1610 g/mol. The number of aryl methyl sites for hydroxylation is 2. The average Bonchev–Trinajstić information content (AvgIpc) is 0.744. The Bertz CT molecular complexity index is 4230. The minimum Gasteiger partial charge on any atom is -0.507 e. The maximum atomic E-state index is 14.8. The molecule has 5 N–H and O–H groups in total. The van der Waals surface area contributed by atoms with Crippen LogP contribution in [0.2, 0.25) is 0 Å². The smallest absolute Gasteiger partial charge is 0.471 e. The van der Waals surface area contributed by atoms with Gasteiger partial charge in [0.25, 0.3) is 8.53 Å². The van der Waals surface area contributed by atoms with Crippen molar-refractivity contribution in [2.45, 2.75) is 154 Å². The zero-order chi connectivity index (χ0) is 80.0. The number of halogens is 12. The number of ketones is 1. The Hall–Kier alpha value is -8.24. The second kappa shape index (κ2) is 39.9. The minimum atomic E-state index is -5.12. The lowest BCUT2D eigenvalue weighted by atomic mass is 10.0. The number of ether oxygens (including phenoxy) is 1. The number of phenols is 1. The Kier molecular flexibility index (Phi) is 32.8. The van der Waals surface area contributed by atoms with E-state index in [0.29, 0.717) is 5.56 Å². The summed E-state index contributed by atoms with van der Waals surface area (Å²) >= 11 is 0. The van der Waals surface area contributed by atoms with Gasteiger partial charge in [0.15, 0.2) is 49.9 Å². The number of nitrogens with one attached hydrogen (secondary N) is 4. The molecule has 1 atom stereocenters. The number of esters is 1. The van der Waals surface area contributed by atoms with Crippen LogP contribution in [0.25, 0.3) is 45.1 Å². The summed E-state index contributed by atoms with van der Waals surface area (Å²) in [5.74, 6) is -10.6. The predicted molar refractivity (Wildman–Crippen MR) is 360 cm³/mol. The summed E-state index contributed by atoms with van der Waals surface area (Å²) in [6.45, 7) is 4.49. The number of benzene rings is 4. The van der Waals surface area contributed by atoms with E-state index in [1.165, 1.54) is 36.4 Å². The average molecular weight is 1610 g/mol. The van der Waals surface area contributed by atoms with Crippen LogP contribution in [0, 0.1) is 11.3 Å². The van der Waals surface area contributed by atoms with Gasteiger partial charge in [-0.2, -0.15) is 57.9 Å². The summed E-state index contributed by atoms with van der Waals surface area (Å²) < 4.78 is 234. The Balaban J connectivity index is 0.000000352. The highest BCUT2D eigenvalue weighted by molar-refractivity contribution is 7.63. The predicted octanol–water partition coefficient (Wildman–Crippen LogP) is 10.9. The first-order valence-corrected chi connectivity index (χ1v) is 37.5. The van der Waals surface area contributed by atoms with Crippen molar-refractivity contribution in [2.75, 3.05) is 65.8 Å². The third-order valence-corrected chi connectivity index (χ3v) is 21.2. The van der Waals surface area contributed by atoms with Crippen LogP contribution in [0.3, 0.4) is 0 Å². The molecule has 3 aliphatic heterocycles. The van der Waals surface area contributed by atoms with Crippen molar-refractivity contribution in [1.29, 1.82) is 5.26 Å². The van der Waals surface area contributed by atoms with Gasteiger partial charge in [-0.25, -0.2) is 14.6 Å². The van der Waals surface area contributed by atoms with Crippen molar-refractivity contribution in [3.05, 3.63) is 80.1 Å². The highest BCUT2D eigenvalue weighted by Crippen LogP contribution is 2.55. The molecule has 28 nitrogen and oxygen atoms in total. The van der Waals surface area contributed by atoms with E-state index in [9.17, 15) is 105 Å². The van der Waals surface area contributed by atoms with Crippen molar-refractivity contribution < 1.29 is 136 Å². The third-order valence-electron chi connectivity index (χ3n) is 15.1. The molecule has 4 amide bonds. The van der Waals surface area contributed by atoms with Gasteiger partial charge in [0, 0.05) is 63.2 Å². The number of hydrogen-bond donors (Lipinski definition) is 5. The number of nitrogens with zero attached hydrogens (tertiary/aromatic N) is 4. The van der Waals surface area contributed by atoms with Gasteiger partial charge in [0.05, 0.1) is 58.6 Å². The Labute approximate surface area is 608 Å². The van der Waals surface area contributed by atoms with Crippen LogP contribution in [-0.2, 0) is 77.9 Å². The molecule has 0 saturated carbocycles. The number of Topliss-reactive ketones (excluding diaryl/α,β-unsaturated/α-hetero) is 1. The fourth-order valence-electron chi connectivity index (χ4n) is 10.1. The number of amides is 4. The van der Waals surface area contributed by atoms with Crippen LogP contribution in [0.1, 0.15) is 116 Å². The third kappa shape index (κ3) is 26.2. The summed E-state index contributed by atoms with van der Waals surface area (Å²) in [7, 11) is -11.0. The van der Waals surface area contributed by atoms with Crippen LogP contribution in [0.4, 0.5) is 52.7 Å². The van der Waals surface area contributed by atoms with E-state index >= 15 is 0 Å². The Morgan fingerprint density at radius 1 is 0.565 bits per heavy atom. The molecule has 1 unspecified atom stereocenters. The molecular weight excluding hydrogens is 1530 g/mol. The number of carbonyl (C=O) groups excluding carboxylic acids is 6. The van der Waals surface area contributed by atoms with E-state index in [1.54, 1.807) is 21.3 Å². The van der Waals surface area contributed by atoms with Gasteiger partial charge < -0.3 is 67.1 Å². The molecule has 3 heterocycles. The summed E-state index contributed by atoms with van der Waals surface area (Å²) in [6, 6.07) is 12.4. The lowest BCUT2D eigenvalue weighted by molar-refractivity contribution is -0.173. The van der Waals surface area contributed by atoms with Gasteiger partial charge in [-0.1, -0.05) is 0 Å². The topological polar surface area (TPSA) is 383 Å². The van der Waals surface area contributed by atoms with Crippen molar-refractivity contribution >= 4 is 91.9 Å². The van der Waals surface area contributed by atoms with E-state index in [2.05, 4.69) is 9.97 Å². The van der Waals surface area contributed by atoms with Crippen molar-refractivity contribution in [2.24, 2.45) is 0 Å². The normalized spacial score (nSPS) is 13.3. The Morgan fingerprint density at radius 3 is 1.37 bits per heavy atom. The Morgan fingerprint density at radius 2 is 0.963 bits per heavy atom. The summed E-state index contributed by atoms with van der Waals surface area (Å²) in [5.41, 5.74) is -0.506. The van der Waals surface area contributed by atoms with E-state index in [4.69, 9.17) is 46.0 Å². The van der Waals surface area contributed by atoms with Gasteiger partial charge >= 0.3 is 69.5 Å². The SMILES string of the molecule is CC(C)N(C(C)C)P(OCCC#N)OCCC(=O)CCc1cc2nc3ccc(=O)cc-3oc2c(P(=O)(OCCCCNC(=O)C(F)(F)F)OCCCCNC(=O)C(F)(F)F)c1O.O=C1CCc2cc3nc4ccc(=O)cc-4oc3c(P(=O)(OCCCCNC(=O)C(F)(F)F)OCCCCNC(=O)C(F)(F)F)c2O1. The molecule has 0 radical (unpaired) electrons. The fraction of sp³-hybridized carbons (Fsp3) is 0.523. The first-order chi connectivity index (χ1) is 50.7. The number of unbranched alkanes of at least 4 members (excludes halogenated alkanes) is 4. The second-order valence-electron chi connectivity index (χ2n) is 24.1. The van der Waals surface area contributed by atoms with E-state index in [1.807, 2.05) is 38.4 Å². The number of nitriles is 1. The number of alkyl halides is 12. The molecule has 0 fully saturated rings. The molecule has 0 saturated heterocycles. The molecule has 2 aliphatic carbocycles. The standard InChI is InChI=1S/C38H49F6N5O11P2.C27H26F6N3O9P/c1-24(2)49(25(3)4)61(56-18-9-15-45)57-21-14-27(50)11-10-26-22-30-33(60-31-23-28(51)12-13-29(31)48-30)34(32(26)52)62(55,58-19-7-5-16-46-35(53)37(39,40)41)59-20-8-6-17-47-36(54)38(42,43)44;28-26(29,30)24(39)34-9-1-3-11-42-46(41,43-12-4-2-10-35-25(40)27(31,32)33)23-21-15(5-8-20(38)45-21)13-18-22(23)44-19-14-16(37)6-7-17(19)36-18/h12-13,22-25,52H,5-11,14,16-21H2,1-4H3,(H,46,53)(H,47,54);6-7,13-14H,1-5,8-12H2,(H,34,39)(H,35,40). The molecule has 2 aromatic rings. The minimum absolute atomic E-state index is 0.0179. The highest BCUT2D eigenvalue weighted by atomic mass is 31.2. The molecule has 5 aliphatic rings. The van der Waals surface area contributed by atoms with Crippen LogP contribution in [0.15, 0.2) is 67.0 Å². The second-order valence-corrected chi connectivity index (χ2v) is 29.5. The molecule has 108 heavy (non-hydrogen) atoms. The van der Waals surface area contributed by atoms with Gasteiger partial charge in [-0.05, 0) is 139 Å². The number of rotatable bonds is 39. The summed E-state index contributed by atoms with van der Waals surface area (Å²) in [5, 5.41) is 26.6. The summed E-state index contributed by atoms with van der Waals surface area (Å²) in [6.07, 6.45) is -21.0. The lowest BCUT2D eigenvalue weighted by Gasteiger charge is -2.35. The molecule has 594 valence electrons. The molecular formula is C65H75F12N8O20P3. The quantitative estimate of drug-likeness (QED) is 0.00597. The lowest BCUT2D eigenvalue weighted by Crippen LogP contribution is -2.37. The van der Waals surface area contributed by atoms with Crippen LogP contribution in [-0.4, -0.2) is 158 Å². The number of aromatic hydroxyl groups is 1. The van der Waals surface area contributed by atoms with Crippen LogP contribution in [0.5, 0.6) is 11.5 Å². The van der Waals surface area contributed by atoms with Crippen molar-refractivity contribution in [3.63, 3.8) is 0 Å². The highest BCUT2D eigenvalue weighted by Gasteiger charge is 2.44. The number of phenolic OH excluding ortho intramolecular Hbond substituents is 1. The van der Waals surface area contributed by atoms with Gasteiger partial charge in [0.2, 0.25) is 0 Å². The largest absolute Gasteiger partial charge is 0.507 e.